The monoisotopic (exact) mass is 290 g/mol. The summed E-state index contributed by atoms with van der Waals surface area (Å²) >= 11 is 1.67. The molecule has 0 radical (unpaired) electrons. The first-order chi connectivity index (χ1) is 9.58. The summed E-state index contributed by atoms with van der Waals surface area (Å²) < 4.78 is 0. The molecule has 0 aliphatic rings. The number of hydrogen-bond donors (Lipinski definition) is 2. The maximum absolute atomic E-state index is 8.62. The van der Waals surface area contributed by atoms with Crippen LogP contribution in [0.4, 0.5) is 0 Å². The average molecular weight is 290 g/mol. The van der Waals surface area contributed by atoms with Gasteiger partial charge in [-0.25, -0.2) is 4.98 Å². The van der Waals surface area contributed by atoms with Crippen LogP contribution in [0.1, 0.15) is 21.8 Å². The van der Waals surface area contributed by atoms with Crippen LogP contribution >= 0.6 is 11.3 Å². The van der Waals surface area contributed by atoms with Crippen molar-refractivity contribution in [2.24, 2.45) is 10.9 Å². The molecule has 106 valence electrons. The number of aromatic nitrogens is 1. The molecule has 0 fully saturated rings. The van der Waals surface area contributed by atoms with Crippen LogP contribution in [-0.4, -0.2) is 28.0 Å². The first kappa shape index (κ1) is 14.5. The van der Waals surface area contributed by atoms with Crippen LogP contribution < -0.4 is 5.73 Å². The number of hydrogen-bond acceptors (Lipinski definition) is 5. The van der Waals surface area contributed by atoms with Gasteiger partial charge < -0.3 is 10.9 Å². The Balaban J connectivity index is 1.95. The maximum Gasteiger partial charge on any atom is 0.170 e. The van der Waals surface area contributed by atoms with E-state index < -0.39 is 0 Å². The van der Waals surface area contributed by atoms with E-state index in [1.165, 1.54) is 5.56 Å². The predicted molar refractivity (Wildman–Crippen MR) is 81.0 cm³/mol. The zero-order valence-electron chi connectivity index (χ0n) is 11.6. The van der Waals surface area contributed by atoms with Crippen LogP contribution in [0.15, 0.2) is 34.8 Å². The van der Waals surface area contributed by atoms with Gasteiger partial charge in [0.25, 0.3) is 0 Å². The number of benzene rings is 1. The number of oxime groups is 1. The Morgan fingerprint density at radius 1 is 1.35 bits per heavy atom. The molecule has 0 saturated carbocycles. The van der Waals surface area contributed by atoms with Crippen molar-refractivity contribution in [2.45, 2.75) is 20.0 Å². The lowest BCUT2D eigenvalue weighted by molar-refractivity contribution is 0.315. The summed E-state index contributed by atoms with van der Waals surface area (Å²) in [6.45, 7) is 3.67. The zero-order chi connectivity index (χ0) is 14.5. The van der Waals surface area contributed by atoms with Crippen molar-refractivity contribution in [3.05, 3.63) is 51.5 Å². The molecule has 0 amide bonds. The van der Waals surface area contributed by atoms with E-state index in [2.05, 4.69) is 27.5 Å². The highest BCUT2D eigenvalue weighted by Crippen LogP contribution is 2.12. The number of nitrogens with two attached hydrogens (primary N) is 1. The van der Waals surface area contributed by atoms with E-state index in [1.54, 1.807) is 11.3 Å². The first-order valence-corrected chi connectivity index (χ1v) is 7.13. The molecule has 0 spiro atoms. The highest BCUT2D eigenvalue weighted by Gasteiger charge is 2.05. The van der Waals surface area contributed by atoms with E-state index in [1.807, 2.05) is 31.2 Å². The normalized spacial score (nSPS) is 12.1. The van der Waals surface area contributed by atoms with E-state index >= 15 is 0 Å². The van der Waals surface area contributed by atoms with Crippen LogP contribution in [0, 0.1) is 6.92 Å². The molecule has 1 aromatic heterocycles. The predicted octanol–water partition coefficient (Wildman–Crippen LogP) is 2.18. The van der Waals surface area contributed by atoms with Gasteiger partial charge in [-0.15, -0.1) is 11.3 Å². The van der Waals surface area contributed by atoms with E-state index in [0.29, 0.717) is 5.56 Å². The number of amidine groups is 1. The lowest BCUT2D eigenvalue weighted by Crippen LogP contribution is -2.18. The van der Waals surface area contributed by atoms with E-state index in [0.717, 1.165) is 23.8 Å². The fourth-order valence-corrected chi connectivity index (χ4v) is 2.57. The second-order valence-corrected chi connectivity index (χ2v) is 5.77. The molecular weight excluding hydrogens is 272 g/mol. The van der Waals surface area contributed by atoms with Gasteiger partial charge in [0.1, 0.15) is 0 Å². The van der Waals surface area contributed by atoms with Crippen molar-refractivity contribution < 1.29 is 5.21 Å². The molecule has 1 heterocycles. The summed E-state index contributed by atoms with van der Waals surface area (Å²) in [5.74, 6) is 0.128. The first-order valence-electron chi connectivity index (χ1n) is 6.25. The van der Waals surface area contributed by atoms with Crippen molar-refractivity contribution in [3.63, 3.8) is 0 Å². The van der Waals surface area contributed by atoms with Crippen molar-refractivity contribution >= 4 is 17.2 Å². The minimum Gasteiger partial charge on any atom is -0.409 e. The molecular formula is C14H18N4OS. The fraction of sp³-hybridized carbons (Fsp3) is 0.286. The van der Waals surface area contributed by atoms with Crippen LogP contribution in [0.25, 0.3) is 0 Å². The summed E-state index contributed by atoms with van der Waals surface area (Å²) in [4.78, 5) is 6.66. The lowest BCUT2D eigenvalue weighted by atomic mass is 10.1. The standard InChI is InChI=1S/C14H18N4OS/c1-10-16-13(9-20-10)8-18(2)7-11-3-5-12(6-4-11)14(15)17-19/h3-6,9,19H,7-8H2,1-2H3,(H2,15,17). The SMILES string of the molecule is Cc1nc(CN(C)Cc2ccc(C(N)=NO)cc2)cs1. The Hall–Kier alpha value is -1.92. The van der Waals surface area contributed by atoms with Crippen LogP contribution in [0.2, 0.25) is 0 Å². The largest absolute Gasteiger partial charge is 0.409 e. The van der Waals surface area contributed by atoms with Crippen LogP contribution in [0.5, 0.6) is 0 Å². The van der Waals surface area contributed by atoms with E-state index in [-0.39, 0.29) is 5.84 Å². The summed E-state index contributed by atoms with van der Waals surface area (Å²) in [7, 11) is 2.06. The Labute approximate surface area is 122 Å². The molecule has 2 aromatic rings. The molecule has 0 aliphatic carbocycles. The Morgan fingerprint density at radius 3 is 2.60 bits per heavy atom. The van der Waals surface area contributed by atoms with Gasteiger partial charge in [-0.2, -0.15) is 0 Å². The molecule has 0 aliphatic heterocycles. The fourth-order valence-electron chi connectivity index (χ4n) is 1.96. The molecule has 0 unspecified atom stereocenters. The Morgan fingerprint density at radius 2 is 2.05 bits per heavy atom. The van der Waals surface area contributed by atoms with Crippen molar-refractivity contribution in [1.29, 1.82) is 0 Å². The molecule has 20 heavy (non-hydrogen) atoms. The molecule has 0 atom stereocenters. The van der Waals surface area contributed by atoms with Crippen LogP contribution in [-0.2, 0) is 13.1 Å². The summed E-state index contributed by atoms with van der Waals surface area (Å²) in [5.41, 5.74) is 8.52. The Bertz CT molecular complexity index is 591. The molecule has 2 rings (SSSR count). The third-order valence-electron chi connectivity index (χ3n) is 2.91. The third-order valence-corrected chi connectivity index (χ3v) is 3.73. The minimum atomic E-state index is 0.128. The van der Waals surface area contributed by atoms with Crippen LogP contribution in [0.3, 0.4) is 0 Å². The smallest absolute Gasteiger partial charge is 0.170 e. The highest BCUT2D eigenvalue weighted by molar-refractivity contribution is 7.09. The van der Waals surface area contributed by atoms with Gasteiger partial charge in [0.15, 0.2) is 5.84 Å². The Kier molecular flexibility index (Phi) is 4.70. The summed E-state index contributed by atoms with van der Waals surface area (Å²) in [6.07, 6.45) is 0. The van der Waals surface area contributed by atoms with Crippen molar-refractivity contribution in [1.82, 2.24) is 9.88 Å². The van der Waals surface area contributed by atoms with Gasteiger partial charge >= 0.3 is 0 Å². The molecule has 0 saturated heterocycles. The number of aryl methyl sites for hydroxylation is 1. The lowest BCUT2D eigenvalue weighted by Gasteiger charge is -2.15. The second-order valence-electron chi connectivity index (χ2n) is 4.71. The molecule has 3 N–H and O–H groups in total. The number of rotatable bonds is 5. The van der Waals surface area contributed by atoms with E-state index in [4.69, 9.17) is 10.9 Å². The summed E-state index contributed by atoms with van der Waals surface area (Å²) in [5, 5.41) is 14.8. The molecule has 0 bridgehead atoms. The molecule has 1 aromatic carbocycles. The topological polar surface area (TPSA) is 74.7 Å². The molecule has 5 nitrogen and oxygen atoms in total. The van der Waals surface area contributed by atoms with Gasteiger partial charge in [-0.3, -0.25) is 4.90 Å². The quantitative estimate of drug-likeness (QED) is 0.383. The van der Waals surface area contributed by atoms with Gasteiger partial charge in [0, 0.05) is 24.0 Å². The van der Waals surface area contributed by atoms with Crippen molar-refractivity contribution in [2.75, 3.05) is 7.05 Å². The zero-order valence-corrected chi connectivity index (χ0v) is 12.4. The third kappa shape index (κ3) is 3.79. The van der Waals surface area contributed by atoms with Gasteiger partial charge in [0.2, 0.25) is 0 Å². The number of nitrogens with zero attached hydrogens (tertiary/aromatic N) is 3. The van der Waals surface area contributed by atoms with Gasteiger partial charge in [-0.1, -0.05) is 29.4 Å². The minimum absolute atomic E-state index is 0.128. The average Bonchev–Trinajstić information content (AvgIpc) is 2.84. The van der Waals surface area contributed by atoms with Gasteiger partial charge in [0.05, 0.1) is 10.7 Å². The summed E-state index contributed by atoms with van der Waals surface area (Å²) in [6, 6.07) is 7.67. The van der Waals surface area contributed by atoms with E-state index in [9.17, 15) is 0 Å². The highest BCUT2D eigenvalue weighted by atomic mass is 32.1. The van der Waals surface area contributed by atoms with Gasteiger partial charge in [-0.05, 0) is 19.5 Å². The maximum atomic E-state index is 8.62. The number of thiazole rings is 1. The second kappa shape index (κ2) is 6.49. The molecule has 6 heteroatoms. The van der Waals surface area contributed by atoms with Crippen molar-refractivity contribution in [3.8, 4) is 0 Å².